The Labute approximate surface area is 113 Å². The number of hydrogen-bond donors (Lipinski definition) is 2. The molecule has 19 heavy (non-hydrogen) atoms. The van der Waals surface area contributed by atoms with Crippen molar-refractivity contribution < 1.29 is 14.6 Å². The molecule has 0 unspecified atom stereocenters. The standard InChI is InChI=1S/C13H21N3O3/c1-8(2)7-19-6-5-14-12-11(13(17)18)9(3)10(4)15-16-12/h8H,5-7H2,1-4H3,(H,14,16)(H,17,18). The molecular weight excluding hydrogens is 246 g/mol. The van der Waals surface area contributed by atoms with Gasteiger partial charge < -0.3 is 15.2 Å². The molecule has 0 atom stereocenters. The summed E-state index contributed by atoms with van der Waals surface area (Å²) in [5.41, 5.74) is 1.43. The Morgan fingerprint density at radius 3 is 2.63 bits per heavy atom. The van der Waals surface area contributed by atoms with Crippen LogP contribution >= 0.6 is 0 Å². The van der Waals surface area contributed by atoms with Crippen LogP contribution in [0.2, 0.25) is 0 Å². The summed E-state index contributed by atoms with van der Waals surface area (Å²) in [6, 6.07) is 0. The first kappa shape index (κ1) is 15.4. The quantitative estimate of drug-likeness (QED) is 0.734. The van der Waals surface area contributed by atoms with Crippen LogP contribution in [0.15, 0.2) is 0 Å². The Morgan fingerprint density at radius 2 is 2.05 bits per heavy atom. The predicted octanol–water partition coefficient (Wildman–Crippen LogP) is 1.88. The Kier molecular flexibility index (Phi) is 5.69. The van der Waals surface area contributed by atoms with Gasteiger partial charge in [-0.3, -0.25) is 0 Å². The highest BCUT2D eigenvalue weighted by atomic mass is 16.5. The maximum Gasteiger partial charge on any atom is 0.339 e. The van der Waals surface area contributed by atoms with Crippen molar-refractivity contribution in [3.05, 3.63) is 16.8 Å². The molecule has 0 fully saturated rings. The van der Waals surface area contributed by atoms with Crippen molar-refractivity contribution in [3.63, 3.8) is 0 Å². The van der Waals surface area contributed by atoms with Gasteiger partial charge in [0, 0.05) is 13.2 Å². The second-order valence-corrected chi connectivity index (χ2v) is 4.83. The minimum atomic E-state index is -0.999. The largest absolute Gasteiger partial charge is 0.478 e. The third kappa shape index (κ3) is 4.48. The van der Waals surface area contributed by atoms with E-state index in [1.54, 1.807) is 13.8 Å². The fourth-order valence-electron chi connectivity index (χ4n) is 1.55. The summed E-state index contributed by atoms with van der Waals surface area (Å²) in [6.45, 7) is 9.32. The molecule has 6 nitrogen and oxygen atoms in total. The predicted molar refractivity (Wildman–Crippen MR) is 72.6 cm³/mol. The molecule has 2 N–H and O–H groups in total. The number of ether oxygens (including phenoxy) is 1. The topological polar surface area (TPSA) is 84.3 Å². The molecule has 1 aromatic heterocycles. The van der Waals surface area contributed by atoms with E-state index >= 15 is 0 Å². The molecule has 0 saturated heterocycles. The first-order valence-electron chi connectivity index (χ1n) is 6.32. The van der Waals surface area contributed by atoms with Crippen LogP contribution in [0.1, 0.15) is 35.5 Å². The van der Waals surface area contributed by atoms with Crippen LogP contribution in [0.25, 0.3) is 0 Å². The fourth-order valence-corrected chi connectivity index (χ4v) is 1.55. The van der Waals surface area contributed by atoms with Gasteiger partial charge in [-0.2, -0.15) is 5.10 Å². The van der Waals surface area contributed by atoms with Gasteiger partial charge in [0.1, 0.15) is 5.56 Å². The minimum absolute atomic E-state index is 0.177. The molecule has 1 rings (SSSR count). The van der Waals surface area contributed by atoms with Crippen LogP contribution in [0.3, 0.4) is 0 Å². The van der Waals surface area contributed by atoms with Crippen molar-refractivity contribution in [1.29, 1.82) is 0 Å². The fraction of sp³-hybridized carbons (Fsp3) is 0.615. The molecule has 0 saturated carbocycles. The molecule has 0 aliphatic heterocycles. The lowest BCUT2D eigenvalue weighted by Crippen LogP contribution is -2.17. The highest BCUT2D eigenvalue weighted by molar-refractivity contribution is 5.94. The number of rotatable bonds is 7. The summed E-state index contributed by atoms with van der Waals surface area (Å²) in [5.74, 6) is -0.221. The van der Waals surface area contributed by atoms with Crippen molar-refractivity contribution in [2.75, 3.05) is 25.1 Å². The number of carboxylic acid groups (broad SMARTS) is 1. The highest BCUT2D eigenvalue weighted by Crippen LogP contribution is 2.17. The number of nitrogens with one attached hydrogen (secondary N) is 1. The van der Waals surface area contributed by atoms with Gasteiger partial charge in [-0.15, -0.1) is 5.10 Å². The van der Waals surface area contributed by atoms with Crippen molar-refractivity contribution in [2.24, 2.45) is 5.92 Å². The molecular formula is C13H21N3O3. The molecule has 0 aliphatic rings. The van der Waals surface area contributed by atoms with Crippen LogP contribution in [-0.2, 0) is 4.74 Å². The Bertz CT molecular complexity index is 447. The Hall–Kier alpha value is -1.69. The molecule has 0 amide bonds. The molecule has 1 aromatic rings. The third-order valence-corrected chi connectivity index (χ3v) is 2.66. The van der Waals surface area contributed by atoms with Gasteiger partial charge in [-0.25, -0.2) is 4.79 Å². The molecule has 1 heterocycles. The van der Waals surface area contributed by atoms with Gasteiger partial charge in [0.05, 0.1) is 12.3 Å². The van der Waals surface area contributed by atoms with Gasteiger partial charge >= 0.3 is 5.97 Å². The van der Waals surface area contributed by atoms with Gasteiger partial charge in [0.25, 0.3) is 0 Å². The number of hydrogen-bond acceptors (Lipinski definition) is 5. The van der Waals surface area contributed by atoms with Crippen LogP contribution in [0.5, 0.6) is 0 Å². The molecule has 0 aromatic carbocycles. The first-order chi connectivity index (χ1) is 8.93. The summed E-state index contributed by atoms with van der Waals surface area (Å²) in [6.07, 6.45) is 0. The van der Waals surface area contributed by atoms with E-state index in [4.69, 9.17) is 4.74 Å². The van der Waals surface area contributed by atoms with Gasteiger partial charge in [0.2, 0.25) is 0 Å². The number of nitrogens with zero attached hydrogens (tertiary/aromatic N) is 2. The Morgan fingerprint density at radius 1 is 1.37 bits per heavy atom. The van der Waals surface area contributed by atoms with Crippen LogP contribution < -0.4 is 5.32 Å². The number of carbonyl (C=O) groups is 1. The summed E-state index contributed by atoms with van der Waals surface area (Å²) >= 11 is 0. The molecule has 0 aliphatic carbocycles. The summed E-state index contributed by atoms with van der Waals surface area (Å²) in [5, 5.41) is 20.0. The average molecular weight is 267 g/mol. The lowest BCUT2D eigenvalue weighted by atomic mass is 10.1. The molecule has 6 heteroatoms. The van der Waals surface area contributed by atoms with Crippen molar-refractivity contribution >= 4 is 11.8 Å². The SMILES string of the molecule is Cc1nnc(NCCOCC(C)C)c(C(=O)O)c1C. The van der Waals surface area contributed by atoms with Gasteiger partial charge in [-0.05, 0) is 25.3 Å². The summed E-state index contributed by atoms with van der Waals surface area (Å²) in [4.78, 5) is 11.2. The second-order valence-electron chi connectivity index (χ2n) is 4.83. The van der Waals surface area contributed by atoms with Gasteiger partial charge in [-0.1, -0.05) is 13.8 Å². The lowest BCUT2D eigenvalue weighted by Gasteiger charge is -2.12. The smallest absolute Gasteiger partial charge is 0.339 e. The van der Waals surface area contributed by atoms with E-state index in [1.807, 2.05) is 0 Å². The molecule has 0 bridgehead atoms. The molecule has 106 valence electrons. The number of carboxylic acids is 1. The number of aromatic carboxylic acids is 1. The zero-order chi connectivity index (χ0) is 14.4. The van der Waals surface area contributed by atoms with E-state index in [2.05, 4.69) is 29.4 Å². The van der Waals surface area contributed by atoms with Crippen molar-refractivity contribution in [1.82, 2.24) is 10.2 Å². The second kappa shape index (κ2) is 7.04. The summed E-state index contributed by atoms with van der Waals surface area (Å²) < 4.78 is 5.41. The first-order valence-corrected chi connectivity index (χ1v) is 6.32. The van der Waals surface area contributed by atoms with Crippen molar-refractivity contribution in [3.8, 4) is 0 Å². The molecule has 0 spiro atoms. The number of anilines is 1. The average Bonchev–Trinajstić information content (AvgIpc) is 2.32. The zero-order valence-corrected chi connectivity index (χ0v) is 11.9. The van der Waals surface area contributed by atoms with Crippen LogP contribution in [-0.4, -0.2) is 41.0 Å². The van der Waals surface area contributed by atoms with Crippen LogP contribution in [0, 0.1) is 19.8 Å². The van der Waals surface area contributed by atoms with Crippen molar-refractivity contribution in [2.45, 2.75) is 27.7 Å². The summed E-state index contributed by atoms with van der Waals surface area (Å²) in [7, 11) is 0. The normalized spacial score (nSPS) is 10.8. The monoisotopic (exact) mass is 267 g/mol. The Balaban J connectivity index is 2.63. The van der Waals surface area contributed by atoms with E-state index in [1.165, 1.54) is 0 Å². The highest BCUT2D eigenvalue weighted by Gasteiger charge is 2.17. The maximum absolute atomic E-state index is 11.2. The van der Waals surface area contributed by atoms with E-state index in [9.17, 15) is 9.90 Å². The van der Waals surface area contributed by atoms with E-state index in [0.717, 1.165) is 0 Å². The minimum Gasteiger partial charge on any atom is -0.478 e. The van der Waals surface area contributed by atoms with E-state index in [0.29, 0.717) is 42.8 Å². The van der Waals surface area contributed by atoms with Gasteiger partial charge in [0.15, 0.2) is 5.82 Å². The third-order valence-electron chi connectivity index (χ3n) is 2.66. The lowest BCUT2D eigenvalue weighted by molar-refractivity contribution is 0.0696. The zero-order valence-electron chi connectivity index (χ0n) is 11.9. The number of aromatic nitrogens is 2. The maximum atomic E-state index is 11.2. The van der Waals surface area contributed by atoms with E-state index in [-0.39, 0.29) is 5.56 Å². The van der Waals surface area contributed by atoms with E-state index < -0.39 is 5.97 Å². The number of aryl methyl sites for hydroxylation is 1. The van der Waals surface area contributed by atoms with Crippen LogP contribution in [0.4, 0.5) is 5.82 Å². The molecule has 0 radical (unpaired) electrons.